The number of ether oxygens (including phenoxy) is 3. The molecule has 8 nitrogen and oxygen atoms in total. The van der Waals surface area contributed by atoms with Crippen LogP contribution in [-0.2, 0) is 28.6 Å². The van der Waals surface area contributed by atoms with Crippen LogP contribution in [0.5, 0.6) is 0 Å². The van der Waals surface area contributed by atoms with Crippen molar-refractivity contribution in [2.45, 2.75) is 129 Å². The molecule has 0 bridgehead atoms. The van der Waals surface area contributed by atoms with Crippen LogP contribution in [0.3, 0.4) is 0 Å². The largest absolute Gasteiger partial charge is 0.544 e. The monoisotopic (exact) mass is 738 g/mol. The van der Waals surface area contributed by atoms with Gasteiger partial charge in [0.2, 0.25) is 0 Å². The number of unbranched alkanes of at least 4 members (excludes halogenated alkanes) is 5. The fourth-order valence-electron chi connectivity index (χ4n) is 5.00. The number of carboxylic acid groups (broad SMARTS) is 1. The van der Waals surface area contributed by atoms with E-state index in [9.17, 15) is 19.5 Å². The zero-order chi connectivity index (χ0) is 39.3. The summed E-state index contributed by atoms with van der Waals surface area (Å²) in [5.41, 5.74) is 0. The van der Waals surface area contributed by atoms with Crippen molar-refractivity contribution in [3.05, 3.63) is 97.2 Å². The minimum atomic E-state index is -1.14. The summed E-state index contributed by atoms with van der Waals surface area (Å²) >= 11 is 0. The molecule has 298 valence electrons. The summed E-state index contributed by atoms with van der Waals surface area (Å²) < 4.78 is 17.0. The molecule has 0 saturated carbocycles. The number of hydrogen-bond acceptors (Lipinski definition) is 7. The molecule has 0 aromatic heterocycles. The van der Waals surface area contributed by atoms with Gasteiger partial charge in [-0.15, -0.1) is 0 Å². The van der Waals surface area contributed by atoms with E-state index in [1.807, 2.05) is 24.3 Å². The molecule has 53 heavy (non-hydrogen) atoms. The Balaban J connectivity index is 4.57. The maximum absolute atomic E-state index is 12.6. The number of allylic oxidation sites excluding steroid dienone is 16. The fourth-order valence-corrected chi connectivity index (χ4v) is 5.00. The van der Waals surface area contributed by atoms with E-state index in [0.29, 0.717) is 6.42 Å². The maximum Gasteiger partial charge on any atom is 0.306 e. The third-order valence-corrected chi connectivity index (χ3v) is 8.04. The number of carbonyl (C=O) groups excluding carboxylic acids is 3. The topological polar surface area (TPSA) is 102 Å². The molecule has 2 atom stereocenters. The molecule has 0 fully saturated rings. The molecule has 0 aromatic rings. The van der Waals surface area contributed by atoms with Crippen LogP contribution < -0.4 is 5.11 Å². The Kier molecular flexibility index (Phi) is 32.8. The minimum absolute atomic E-state index is 0.00228. The summed E-state index contributed by atoms with van der Waals surface area (Å²) in [5, 5.41) is 11.6. The van der Waals surface area contributed by atoms with Crippen molar-refractivity contribution < 1.29 is 38.2 Å². The quantitative estimate of drug-likeness (QED) is 0.0218. The van der Waals surface area contributed by atoms with Crippen molar-refractivity contribution in [3.63, 3.8) is 0 Å². The summed E-state index contributed by atoms with van der Waals surface area (Å²) in [6.07, 6.45) is 45.9. The van der Waals surface area contributed by atoms with Crippen molar-refractivity contribution in [2.24, 2.45) is 0 Å². The molecule has 0 amide bonds. The van der Waals surface area contributed by atoms with Gasteiger partial charge in [-0.1, -0.05) is 130 Å². The van der Waals surface area contributed by atoms with Crippen LogP contribution in [-0.4, -0.2) is 75.5 Å². The van der Waals surface area contributed by atoms with Gasteiger partial charge < -0.3 is 28.6 Å². The number of carbonyl (C=O) groups is 3. The van der Waals surface area contributed by atoms with Gasteiger partial charge in [0.15, 0.2) is 6.10 Å². The second kappa shape index (κ2) is 35.3. The highest BCUT2D eigenvalue weighted by molar-refractivity contribution is 5.70. The lowest BCUT2D eigenvalue weighted by molar-refractivity contribution is -0.889. The van der Waals surface area contributed by atoms with Gasteiger partial charge >= 0.3 is 11.9 Å². The molecular formula is C45H71NO7. The Labute approximate surface area is 322 Å². The number of rotatable bonds is 33. The lowest BCUT2D eigenvalue weighted by Crippen LogP contribution is -2.55. The molecule has 0 aromatic carbocycles. The van der Waals surface area contributed by atoms with Crippen LogP contribution in [0.15, 0.2) is 97.2 Å². The predicted molar refractivity (Wildman–Crippen MR) is 217 cm³/mol. The van der Waals surface area contributed by atoms with Crippen LogP contribution in [0, 0.1) is 0 Å². The van der Waals surface area contributed by atoms with Crippen LogP contribution in [0.1, 0.15) is 117 Å². The SMILES string of the molecule is CC/C=C/C=C/C=C/CCCCCCCC(=O)OC(COCCC(C(=O)[O-])[N+](C)(C)C)COC(=O)CC/C=C/C/C=C/C/C=C/C/C=C/C/C=C/CC. The summed E-state index contributed by atoms with van der Waals surface area (Å²) in [6, 6.07) is -0.745. The Hall–Kier alpha value is -3.75. The highest BCUT2D eigenvalue weighted by atomic mass is 16.6. The predicted octanol–water partition coefficient (Wildman–Crippen LogP) is 9.01. The Morgan fingerprint density at radius 2 is 1.13 bits per heavy atom. The summed E-state index contributed by atoms with van der Waals surface area (Å²) in [4.78, 5) is 36.7. The number of likely N-dealkylation sites (N-methyl/N-ethyl adjacent to an activating group) is 1. The smallest absolute Gasteiger partial charge is 0.306 e. The first-order chi connectivity index (χ1) is 25.6. The molecule has 8 heteroatoms. The third-order valence-electron chi connectivity index (χ3n) is 8.04. The van der Waals surface area contributed by atoms with Gasteiger partial charge in [-0.05, 0) is 64.2 Å². The molecule has 0 rings (SSSR count). The first-order valence-electron chi connectivity index (χ1n) is 19.8. The molecule has 0 aliphatic heterocycles. The minimum Gasteiger partial charge on any atom is -0.544 e. The van der Waals surface area contributed by atoms with E-state index in [4.69, 9.17) is 14.2 Å². The van der Waals surface area contributed by atoms with Gasteiger partial charge in [-0.3, -0.25) is 9.59 Å². The Bertz CT molecular complexity index is 1180. The molecule has 0 spiro atoms. The second-order valence-electron chi connectivity index (χ2n) is 13.8. The van der Waals surface area contributed by atoms with Gasteiger partial charge in [-0.25, -0.2) is 0 Å². The van der Waals surface area contributed by atoms with E-state index in [1.165, 1.54) is 0 Å². The number of hydrogen-bond donors (Lipinski definition) is 0. The zero-order valence-electron chi connectivity index (χ0n) is 33.6. The Morgan fingerprint density at radius 1 is 0.585 bits per heavy atom. The van der Waals surface area contributed by atoms with Crippen LogP contribution >= 0.6 is 0 Å². The van der Waals surface area contributed by atoms with E-state index >= 15 is 0 Å². The summed E-state index contributed by atoms with van der Waals surface area (Å²) in [5.74, 6) is -1.89. The first-order valence-corrected chi connectivity index (χ1v) is 19.8. The standard InChI is InChI=1S/C45H71NO7/c1-6-8-10-12-14-16-18-20-21-22-24-25-27-29-31-33-35-43(47)52-40-41(39-51-38-37-42(45(49)50)46(3,4)5)53-44(48)36-34-32-30-28-26-23-19-17-15-13-11-9-7-2/h8-11,13-17,19-21,24-25,29,31,41-42H,6-7,12,18,22-23,26-28,30,32-40H2,1-5H3/b10-8+,11-9+,15-13+,16-14+,19-17+,21-20+,25-24+,31-29+. The molecule has 0 aliphatic carbocycles. The van der Waals surface area contributed by atoms with Crippen LogP contribution in [0.2, 0.25) is 0 Å². The lowest BCUT2D eigenvalue weighted by atomic mass is 10.1. The van der Waals surface area contributed by atoms with E-state index in [0.717, 1.165) is 77.0 Å². The van der Waals surface area contributed by atoms with Gasteiger partial charge in [-0.2, -0.15) is 0 Å². The molecule has 0 saturated heterocycles. The molecule has 0 N–H and O–H groups in total. The average molecular weight is 738 g/mol. The Morgan fingerprint density at radius 3 is 1.72 bits per heavy atom. The van der Waals surface area contributed by atoms with E-state index in [-0.39, 0.29) is 55.5 Å². The highest BCUT2D eigenvalue weighted by Gasteiger charge is 2.25. The van der Waals surface area contributed by atoms with Crippen molar-refractivity contribution in [2.75, 3.05) is 41.0 Å². The van der Waals surface area contributed by atoms with E-state index < -0.39 is 18.1 Å². The zero-order valence-corrected chi connectivity index (χ0v) is 33.6. The summed E-state index contributed by atoms with van der Waals surface area (Å²) in [7, 11) is 5.35. The number of carboxylic acids is 1. The van der Waals surface area contributed by atoms with Gasteiger partial charge in [0.1, 0.15) is 12.6 Å². The number of quaternary nitrogens is 1. The van der Waals surface area contributed by atoms with Gasteiger partial charge in [0.05, 0.1) is 40.3 Å². The average Bonchev–Trinajstić information content (AvgIpc) is 3.11. The molecular weight excluding hydrogens is 666 g/mol. The highest BCUT2D eigenvalue weighted by Crippen LogP contribution is 2.11. The second-order valence-corrected chi connectivity index (χ2v) is 13.8. The van der Waals surface area contributed by atoms with Crippen molar-refractivity contribution >= 4 is 17.9 Å². The molecule has 0 aliphatic rings. The van der Waals surface area contributed by atoms with E-state index in [1.54, 1.807) is 21.1 Å². The molecule has 2 unspecified atom stereocenters. The van der Waals surface area contributed by atoms with Gasteiger partial charge in [0.25, 0.3) is 0 Å². The first kappa shape index (κ1) is 49.2. The van der Waals surface area contributed by atoms with E-state index in [2.05, 4.69) is 86.8 Å². The number of esters is 2. The van der Waals surface area contributed by atoms with Crippen molar-refractivity contribution in [3.8, 4) is 0 Å². The summed E-state index contributed by atoms with van der Waals surface area (Å²) in [6.45, 7) is 4.27. The normalized spacial score (nSPS) is 14.1. The lowest BCUT2D eigenvalue weighted by Gasteiger charge is -2.34. The third kappa shape index (κ3) is 33.8. The number of nitrogens with zero attached hydrogens (tertiary/aromatic N) is 1. The van der Waals surface area contributed by atoms with Crippen LogP contribution in [0.4, 0.5) is 0 Å². The van der Waals surface area contributed by atoms with Crippen molar-refractivity contribution in [1.29, 1.82) is 0 Å². The molecule has 0 radical (unpaired) electrons. The maximum atomic E-state index is 12.6. The number of aliphatic carboxylic acids is 1. The molecule has 0 heterocycles. The fraction of sp³-hybridized carbons (Fsp3) is 0.578. The van der Waals surface area contributed by atoms with Crippen molar-refractivity contribution in [1.82, 2.24) is 0 Å². The van der Waals surface area contributed by atoms with Crippen LogP contribution in [0.25, 0.3) is 0 Å². The van der Waals surface area contributed by atoms with Gasteiger partial charge in [0, 0.05) is 19.3 Å².